The highest BCUT2D eigenvalue weighted by Gasteiger charge is 2.19. The summed E-state index contributed by atoms with van der Waals surface area (Å²) >= 11 is 0. The molecule has 1 unspecified atom stereocenters. The lowest BCUT2D eigenvalue weighted by molar-refractivity contribution is -0.128. The van der Waals surface area contributed by atoms with Crippen LogP contribution in [0.15, 0.2) is 42.6 Å². The molecule has 2 aromatic rings. The van der Waals surface area contributed by atoms with E-state index in [9.17, 15) is 4.79 Å². The summed E-state index contributed by atoms with van der Waals surface area (Å²) in [4.78, 5) is 16.6. The highest BCUT2D eigenvalue weighted by atomic mass is 16.5. The molecule has 1 aromatic heterocycles. The topological polar surface area (TPSA) is 51.2 Å². The van der Waals surface area contributed by atoms with Crippen LogP contribution in [0.2, 0.25) is 0 Å². The SMILES string of the molecule is CCC(Oc1ccc2c(c1)CCCC2)C(=O)NCc1ccccn1. The van der Waals surface area contributed by atoms with Gasteiger partial charge in [-0.1, -0.05) is 19.1 Å². The van der Waals surface area contributed by atoms with Gasteiger partial charge in [-0.3, -0.25) is 9.78 Å². The van der Waals surface area contributed by atoms with Crippen LogP contribution in [0.4, 0.5) is 0 Å². The van der Waals surface area contributed by atoms with Gasteiger partial charge in [0.15, 0.2) is 6.10 Å². The molecular formula is C20H24N2O2. The maximum absolute atomic E-state index is 12.4. The average Bonchev–Trinajstić information content (AvgIpc) is 2.65. The molecule has 1 atom stereocenters. The first-order valence-corrected chi connectivity index (χ1v) is 8.72. The number of ether oxygens (including phenoxy) is 1. The molecule has 0 bridgehead atoms. The number of carbonyl (C=O) groups excluding carboxylic acids is 1. The van der Waals surface area contributed by atoms with Crippen molar-refractivity contribution in [3.05, 3.63) is 59.4 Å². The van der Waals surface area contributed by atoms with Gasteiger partial charge in [0.25, 0.3) is 5.91 Å². The highest BCUT2D eigenvalue weighted by Crippen LogP contribution is 2.26. The molecule has 24 heavy (non-hydrogen) atoms. The Morgan fingerprint density at radius 3 is 2.79 bits per heavy atom. The fourth-order valence-corrected chi connectivity index (χ4v) is 3.06. The summed E-state index contributed by atoms with van der Waals surface area (Å²) in [7, 11) is 0. The molecule has 126 valence electrons. The quantitative estimate of drug-likeness (QED) is 0.885. The highest BCUT2D eigenvalue weighted by molar-refractivity contribution is 5.81. The second kappa shape index (κ2) is 7.95. The lowest BCUT2D eigenvalue weighted by Gasteiger charge is -2.20. The second-order valence-corrected chi connectivity index (χ2v) is 6.19. The van der Waals surface area contributed by atoms with E-state index in [0.717, 1.165) is 24.3 Å². The van der Waals surface area contributed by atoms with E-state index < -0.39 is 6.10 Å². The number of aryl methyl sites for hydroxylation is 2. The number of aromatic nitrogens is 1. The van der Waals surface area contributed by atoms with Crippen LogP contribution in [0.25, 0.3) is 0 Å². The largest absolute Gasteiger partial charge is 0.481 e. The minimum Gasteiger partial charge on any atom is -0.481 e. The van der Waals surface area contributed by atoms with Crippen molar-refractivity contribution in [2.45, 2.75) is 51.7 Å². The molecule has 0 radical (unpaired) electrons. The van der Waals surface area contributed by atoms with Crippen LogP contribution in [0.3, 0.4) is 0 Å². The summed E-state index contributed by atoms with van der Waals surface area (Å²) in [6.07, 6.45) is 6.63. The van der Waals surface area contributed by atoms with Crippen molar-refractivity contribution < 1.29 is 9.53 Å². The van der Waals surface area contributed by atoms with E-state index in [-0.39, 0.29) is 5.91 Å². The number of benzene rings is 1. The zero-order valence-electron chi connectivity index (χ0n) is 14.1. The smallest absolute Gasteiger partial charge is 0.261 e. The summed E-state index contributed by atoms with van der Waals surface area (Å²) in [5, 5.41) is 2.91. The number of nitrogens with zero attached hydrogens (tertiary/aromatic N) is 1. The average molecular weight is 324 g/mol. The predicted octanol–water partition coefficient (Wildman–Crippen LogP) is 3.43. The third-order valence-electron chi connectivity index (χ3n) is 4.43. The lowest BCUT2D eigenvalue weighted by atomic mass is 9.92. The molecule has 1 aliphatic carbocycles. The van der Waals surface area contributed by atoms with Gasteiger partial charge in [0.1, 0.15) is 5.75 Å². The molecule has 4 nitrogen and oxygen atoms in total. The Bertz CT molecular complexity index is 685. The summed E-state index contributed by atoms with van der Waals surface area (Å²) in [5.41, 5.74) is 3.62. The number of nitrogens with one attached hydrogen (secondary N) is 1. The maximum Gasteiger partial charge on any atom is 0.261 e. The predicted molar refractivity (Wildman–Crippen MR) is 93.9 cm³/mol. The molecule has 4 heteroatoms. The molecular weight excluding hydrogens is 300 g/mol. The molecule has 3 rings (SSSR count). The Kier molecular flexibility index (Phi) is 5.47. The molecule has 1 aliphatic rings. The summed E-state index contributed by atoms with van der Waals surface area (Å²) in [5.74, 6) is 0.691. The van der Waals surface area contributed by atoms with Gasteiger partial charge in [0, 0.05) is 6.20 Å². The molecule has 0 saturated heterocycles. The van der Waals surface area contributed by atoms with E-state index >= 15 is 0 Å². The first-order chi connectivity index (χ1) is 11.8. The van der Waals surface area contributed by atoms with Crippen molar-refractivity contribution in [2.75, 3.05) is 0 Å². The molecule has 1 aromatic carbocycles. The Labute approximate surface area is 143 Å². The van der Waals surface area contributed by atoms with Crippen molar-refractivity contribution in [2.24, 2.45) is 0 Å². The minimum atomic E-state index is -0.477. The number of fused-ring (bicyclic) bond motifs is 1. The standard InChI is InChI=1S/C20H24N2O2/c1-2-19(20(23)22-14-17-9-5-6-12-21-17)24-18-11-10-15-7-3-4-8-16(15)13-18/h5-6,9-13,19H,2-4,7-8,14H2,1H3,(H,22,23). The van der Waals surface area contributed by atoms with Crippen molar-refractivity contribution in [3.63, 3.8) is 0 Å². The minimum absolute atomic E-state index is 0.0964. The molecule has 1 amide bonds. The molecule has 0 aliphatic heterocycles. The Morgan fingerprint density at radius 1 is 1.21 bits per heavy atom. The Hall–Kier alpha value is -2.36. The van der Waals surface area contributed by atoms with Crippen LogP contribution in [0.1, 0.15) is 43.0 Å². The van der Waals surface area contributed by atoms with Gasteiger partial charge < -0.3 is 10.1 Å². The fourth-order valence-electron chi connectivity index (χ4n) is 3.06. The van der Waals surface area contributed by atoms with E-state index in [4.69, 9.17) is 4.74 Å². The van der Waals surface area contributed by atoms with Crippen LogP contribution in [-0.4, -0.2) is 17.0 Å². The van der Waals surface area contributed by atoms with Gasteiger partial charge in [0.2, 0.25) is 0 Å². The number of carbonyl (C=O) groups is 1. The van der Waals surface area contributed by atoms with Crippen molar-refractivity contribution in [1.29, 1.82) is 0 Å². The van der Waals surface area contributed by atoms with Crippen molar-refractivity contribution >= 4 is 5.91 Å². The number of hydrogen-bond donors (Lipinski definition) is 1. The molecule has 0 saturated carbocycles. The molecule has 1 heterocycles. The van der Waals surface area contributed by atoms with Crippen LogP contribution in [0.5, 0.6) is 5.75 Å². The van der Waals surface area contributed by atoms with Crippen LogP contribution < -0.4 is 10.1 Å². The van der Waals surface area contributed by atoms with E-state index in [1.54, 1.807) is 6.20 Å². The van der Waals surface area contributed by atoms with E-state index in [0.29, 0.717) is 13.0 Å². The molecule has 0 spiro atoms. The van der Waals surface area contributed by atoms with Crippen molar-refractivity contribution in [3.8, 4) is 5.75 Å². The third-order valence-corrected chi connectivity index (χ3v) is 4.43. The monoisotopic (exact) mass is 324 g/mol. The fraction of sp³-hybridized carbons (Fsp3) is 0.400. The summed E-state index contributed by atoms with van der Waals surface area (Å²) in [6, 6.07) is 11.9. The number of amides is 1. The van der Waals surface area contributed by atoms with Crippen molar-refractivity contribution in [1.82, 2.24) is 10.3 Å². The van der Waals surface area contributed by atoms with Gasteiger partial charge in [0.05, 0.1) is 12.2 Å². The Balaban J connectivity index is 1.60. The number of rotatable bonds is 6. The van der Waals surface area contributed by atoms with Gasteiger partial charge in [-0.05, 0) is 67.5 Å². The molecule has 1 N–H and O–H groups in total. The number of pyridine rings is 1. The molecule has 0 fully saturated rings. The van der Waals surface area contributed by atoms with Gasteiger partial charge >= 0.3 is 0 Å². The Morgan fingerprint density at radius 2 is 2.04 bits per heavy atom. The van der Waals surface area contributed by atoms with Gasteiger partial charge in [-0.2, -0.15) is 0 Å². The van der Waals surface area contributed by atoms with Gasteiger partial charge in [-0.15, -0.1) is 0 Å². The van der Waals surface area contributed by atoms with Crippen LogP contribution in [0, 0.1) is 0 Å². The normalized spacial score (nSPS) is 14.5. The van der Waals surface area contributed by atoms with E-state index in [1.807, 2.05) is 31.2 Å². The second-order valence-electron chi connectivity index (χ2n) is 6.19. The lowest BCUT2D eigenvalue weighted by Crippen LogP contribution is -2.37. The third kappa shape index (κ3) is 4.13. The summed E-state index contributed by atoms with van der Waals surface area (Å²) < 4.78 is 5.95. The zero-order valence-corrected chi connectivity index (χ0v) is 14.1. The first kappa shape index (κ1) is 16.5. The maximum atomic E-state index is 12.4. The van der Waals surface area contributed by atoms with Crippen LogP contribution >= 0.6 is 0 Å². The summed E-state index contributed by atoms with van der Waals surface area (Å²) in [6.45, 7) is 2.38. The van der Waals surface area contributed by atoms with Gasteiger partial charge in [-0.25, -0.2) is 0 Å². The van der Waals surface area contributed by atoms with Crippen LogP contribution in [-0.2, 0) is 24.2 Å². The first-order valence-electron chi connectivity index (χ1n) is 8.72. The zero-order chi connectivity index (χ0) is 16.8. The van der Waals surface area contributed by atoms with E-state index in [2.05, 4.69) is 22.4 Å². The number of hydrogen-bond acceptors (Lipinski definition) is 3. The van der Waals surface area contributed by atoms with E-state index in [1.165, 1.54) is 24.0 Å².